The topological polar surface area (TPSA) is 132 Å². The van der Waals surface area contributed by atoms with E-state index < -0.39 is 40.6 Å². The number of rotatable bonds is 1. The van der Waals surface area contributed by atoms with Gasteiger partial charge in [0.15, 0.2) is 5.78 Å². The van der Waals surface area contributed by atoms with Crippen LogP contribution >= 0.6 is 0 Å². The van der Waals surface area contributed by atoms with Crippen molar-refractivity contribution in [2.75, 3.05) is 0 Å². The van der Waals surface area contributed by atoms with Crippen molar-refractivity contribution in [2.24, 2.45) is 0 Å². The molecule has 0 saturated carbocycles. The Kier molecular flexibility index (Phi) is 2.81. The molecule has 112 valence electrons. The molecule has 0 saturated heterocycles. The maximum absolute atomic E-state index is 12.4. The molecule has 22 heavy (non-hydrogen) atoms. The Morgan fingerprint density at radius 1 is 1.14 bits per heavy atom. The van der Waals surface area contributed by atoms with E-state index in [1.807, 2.05) is 0 Å². The summed E-state index contributed by atoms with van der Waals surface area (Å²) < 4.78 is 0. The largest absolute Gasteiger partial charge is 0.507 e. The van der Waals surface area contributed by atoms with Crippen molar-refractivity contribution in [1.29, 1.82) is 0 Å². The second kappa shape index (κ2) is 4.36. The van der Waals surface area contributed by atoms with Crippen LogP contribution in [0.4, 0.5) is 0 Å². The molecule has 2 atom stereocenters. The number of aliphatic hydroxyl groups is 3. The minimum atomic E-state index is -3.14. The normalized spacial score (nSPS) is 27.2. The first-order valence-corrected chi connectivity index (χ1v) is 6.27. The van der Waals surface area contributed by atoms with Crippen LogP contribution in [0, 0.1) is 0 Å². The van der Waals surface area contributed by atoms with E-state index >= 15 is 0 Å². The Morgan fingerprint density at radius 3 is 2.32 bits per heavy atom. The molecule has 0 aromatic heterocycles. The lowest BCUT2D eigenvalue weighted by atomic mass is 9.72. The van der Waals surface area contributed by atoms with Gasteiger partial charge in [-0.1, -0.05) is 24.3 Å². The molecule has 4 N–H and O–H groups in total. The second-order valence-corrected chi connectivity index (χ2v) is 5.03. The first kappa shape index (κ1) is 14.2. The van der Waals surface area contributed by atoms with E-state index in [0.29, 0.717) is 6.08 Å². The van der Waals surface area contributed by atoms with Gasteiger partial charge >= 0.3 is 5.97 Å². The molecular formula is C15H10O7. The smallest absolute Gasteiger partial charge is 0.347 e. The number of fused-ring (bicyclic) bond motifs is 2. The van der Waals surface area contributed by atoms with E-state index in [9.17, 15) is 29.7 Å². The molecular weight excluding hydrogens is 292 g/mol. The number of aliphatic carboxylic acids is 1. The van der Waals surface area contributed by atoms with Crippen molar-refractivity contribution < 1.29 is 34.8 Å². The third-order valence-electron chi connectivity index (χ3n) is 3.86. The van der Waals surface area contributed by atoms with Crippen molar-refractivity contribution in [2.45, 2.75) is 11.7 Å². The standard InChI is InChI=1S/C15H10O7/c16-9-5-8-10(13(19)15(9,22)14(20)21)12(18)7-4-2-1-3-6(7)11(8)17/h1-5,13,18-19,22H,(H,20,21). The van der Waals surface area contributed by atoms with Crippen LogP contribution in [0.5, 0.6) is 0 Å². The van der Waals surface area contributed by atoms with Gasteiger partial charge in [0.2, 0.25) is 5.78 Å². The zero-order chi connectivity index (χ0) is 16.2. The highest BCUT2D eigenvalue weighted by molar-refractivity contribution is 6.25. The third-order valence-corrected chi connectivity index (χ3v) is 3.86. The summed E-state index contributed by atoms with van der Waals surface area (Å²) in [5.41, 5.74) is -3.70. The first-order chi connectivity index (χ1) is 10.3. The third kappa shape index (κ3) is 1.54. The molecule has 0 fully saturated rings. The molecule has 1 aromatic rings. The summed E-state index contributed by atoms with van der Waals surface area (Å²) in [6, 6.07) is 5.95. The number of hydrogen-bond acceptors (Lipinski definition) is 6. The number of carbonyl (C=O) groups is 3. The van der Waals surface area contributed by atoms with Gasteiger partial charge < -0.3 is 20.4 Å². The van der Waals surface area contributed by atoms with Gasteiger partial charge in [-0.25, -0.2) is 4.79 Å². The Bertz CT molecular complexity index is 802. The number of hydrogen-bond donors (Lipinski definition) is 4. The highest BCUT2D eigenvalue weighted by atomic mass is 16.4. The van der Waals surface area contributed by atoms with E-state index in [1.54, 1.807) is 12.1 Å². The molecule has 2 unspecified atom stereocenters. The highest BCUT2D eigenvalue weighted by Crippen LogP contribution is 2.40. The first-order valence-electron chi connectivity index (χ1n) is 6.27. The van der Waals surface area contributed by atoms with E-state index in [2.05, 4.69) is 0 Å². The lowest BCUT2D eigenvalue weighted by molar-refractivity contribution is -0.173. The summed E-state index contributed by atoms with van der Waals surface area (Å²) >= 11 is 0. The average molecular weight is 302 g/mol. The van der Waals surface area contributed by atoms with Gasteiger partial charge in [-0.3, -0.25) is 9.59 Å². The molecule has 0 bridgehead atoms. The summed E-state index contributed by atoms with van der Waals surface area (Å²) in [7, 11) is 0. The summed E-state index contributed by atoms with van der Waals surface area (Å²) in [6.07, 6.45) is -1.61. The van der Waals surface area contributed by atoms with Crippen molar-refractivity contribution in [1.82, 2.24) is 0 Å². The lowest BCUT2D eigenvalue weighted by Crippen LogP contribution is -2.59. The maximum Gasteiger partial charge on any atom is 0.347 e. The van der Waals surface area contributed by atoms with Crippen molar-refractivity contribution in [3.63, 3.8) is 0 Å². The average Bonchev–Trinajstić information content (AvgIpc) is 2.49. The molecule has 0 amide bonds. The highest BCUT2D eigenvalue weighted by Gasteiger charge is 2.56. The summed E-state index contributed by atoms with van der Waals surface area (Å²) in [5.74, 6) is -4.47. The van der Waals surface area contributed by atoms with Crippen LogP contribution in [0.15, 0.2) is 41.5 Å². The van der Waals surface area contributed by atoms with E-state index in [1.165, 1.54) is 12.1 Å². The van der Waals surface area contributed by atoms with Crippen LogP contribution in [0.1, 0.15) is 15.9 Å². The molecule has 0 heterocycles. The van der Waals surface area contributed by atoms with Crippen LogP contribution in [0.3, 0.4) is 0 Å². The molecule has 0 spiro atoms. The molecule has 3 rings (SSSR count). The van der Waals surface area contributed by atoms with Crippen molar-refractivity contribution in [3.05, 3.63) is 52.6 Å². The fraction of sp³-hybridized carbons (Fsp3) is 0.133. The number of aliphatic hydroxyl groups excluding tert-OH is 2. The Hall–Kier alpha value is -2.77. The Labute approximate surface area is 123 Å². The van der Waals surface area contributed by atoms with Crippen LogP contribution in [0.2, 0.25) is 0 Å². The van der Waals surface area contributed by atoms with Crippen LogP contribution < -0.4 is 0 Å². The molecule has 1 aromatic carbocycles. The van der Waals surface area contributed by atoms with Gasteiger partial charge in [0.05, 0.1) is 0 Å². The predicted octanol–water partition coefficient (Wildman–Crippen LogP) is -0.162. The van der Waals surface area contributed by atoms with Gasteiger partial charge in [0.1, 0.15) is 11.9 Å². The van der Waals surface area contributed by atoms with Gasteiger partial charge in [-0.15, -0.1) is 0 Å². The number of ketones is 2. The summed E-state index contributed by atoms with van der Waals surface area (Å²) in [6.45, 7) is 0. The summed E-state index contributed by atoms with van der Waals surface area (Å²) in [4.78, 5) is 35.4. The number of Topliss-reactive ketones (excluding diaryl/α,β-unsaturated/α-hetero) is 1. The predicted molar refractivity (Wildman–Crippen MR) is 72.0 cm³/mol. The maximum atomic E-state index is 12.4. The van der Waals surface area contributed by atoms with Gasteiger partial charge in [0.25, 0.3) is 5.60 Å². The van der Waals surface area contributed by atoms with Gasteiger partial charge in [-0.05, 0) is 6.08 Å². The Morgan fingerprint density at radius 2 is 1.73 bits per heavy atom. The van der Waals surface area contributed by atoms with Crippen molar-refractivity contribution in [3.8, 4) is 0 Å². The molecule has 2 aliphatic carbocycles. The second-order valence-electron chi connectivity index (χ2n) is 5.03. The van der Waals surface area contributed by atoms with Crippen LogP contribution in [-0.2, 0) is 9.59 Å². The summed E-state index contributed by atoms with van der Waals surface area (Å²) in [5, 5.41) is 39.4. The number of benzene rings is 1. The fourth-order valence-electron chi connectivity index (χ4n) is 2.65. The van der Waals surface area contributed by atoms with E-state index in [-0.39, 0.29) is 16.7 Å². The van der Waals surface area contributed by atoms with Crippen LogP contribution in [-0.4, -0.2) is 49.7 Å². The van der Waals surface area contributed by atoms with E-state index in [0.717, 1.165) is 0 Å². The molecule has 7 nitrogen and oxygen atoms in total. The van der Waals surface area contributed by atoms with Gasteiger partial charge in [0, 0.05) is 22.3 Å². The Balaban J connectivity index is 2.34. The SMILES string of the molecule is O=C1C2=CC(=O)C(O)(C(=O)O)C(O)C2=C(O)c2ccccc21. The molecule has 0 radical (unpaired) electrons. The minimum Gasteiger partial charge on any atom is -0.507 e. The molecule has 0 aliphatic heterocycles. The zero-order valence-electron chi connectivity index (χ0n) is 11.0. The van der Waals surface area contributed by atoms with Gasteiger partial charge in [-0.2, -0.15) is 0 Å². The zero-order valence-corrected chi connectivity index (χ0v) is 11.0. The number of carbonyl (C=O) groups excluding carboxylic acids is 2. The fourth-order valence-corrected chi connectivity index (χ4v) is 2.65. The van der Waals surface area contributed by atoms with Crippen molar-refractivity contribution >= 4 is 23.3 Å². The number of carboxylic acids is 1. The monoisotopic (exact) mass is 302 g/mol. The van der Waals surface area contributed by atoms with E-state index in [4.69, 9.17) is 5.11 Å². The minimum absolute atomic E-state index is 0.0980. The lowest BCUT2D eigenvalue weighted by Gasteiger charge is -2.35. The quantitative estimate of drug-likeness (QED) is 0.530. The number of carboxylic acid groups (broad SMARTS) is 1. The van der Waals surface area contributed by atoms with Crippen LogP contribution in [0.25, 0.3) is 5.76 Å². The molecule has 7 heteroatoms. The molecule has 2 aliphatic rings.